The lowest BCUT2D eigenvalue weighted by atomic mass is 10.1. The molecule has 0 radical (unpaired) electrons. The molecule has 0 aromatic rings. The van der Waals surface area contributed by atoms with Gasteiger partial charge in [0, 0.05) is 6.61 Å². The average Bonchev–Trinajstić information content (AvgIpc) is 2.58. The predicted molar refractivity (Wildman–Crippen MR) is 107 cm³/mol. The van der Waals surface area contributed by atoms with Gasteiger partial charge in [0.1, 0.15) is 0 Å². The van der Waals surface area contributed by atoms with Crippen molar-refractivity contribution in [3.8, 4) is 0 Å². The maximum Gasteiger partial charge on any atom is 0.0547 e. The summed E-state index contributed by atoms with van der Waals surface area (Å²) in [4.78, 5) is 0. The van der Waals surface area contributed by atoms with Crippen LogP contribution in [0, 0.1) is 0 Å². The maximum atomic E-state index is 5.89. The molecule has 0 N–H and O–H groups in total. The van der Waals surface area contributed by atoms with Crippen molar-refractivity contribution < 1.29 is 4.74 Å². The van der Waals surface area contributed by atoms with Crippen molar-refractivity contribution in [2.45, 2.75) is 123 Å². The van der Waals surface area contributed by atoms with Crippen LogP contribution < -0.4 is 0 Å². The molecule has 0 aliphatic rings. The third kappa shape index (κ3) is 24.1. The zero-order valence-electron chi connectivity index (χ0n) is 16.7. The summed E-state index contributed by atoms with van der Waals surface area (Å²) in [6.07, 6.45) is 21.2. The van der Waals surface area contributed by atoms with Crippen molar-refractivity contribution >= 4 is 0 Å². The van der Waals surface area contributed by atoms with Gasteiger partial charge in [0.05, 0.1) is 6.10 Å². The monoisotopic (exact) mass is 326 g/mol. The van der Waals surface area contributed by atoms with Crippen LogP contribution in [0.4, 0.5) is 0 Å². The van der Waals surface area contributed by atoms with Crippen LogP contribution in [-0.4, -0.2) is 12.7 Å². The molecule has 1 unspecified atom stereocenters. The van der Waals surface area contributed by atoms with Gasteiger partial charge in [0.25, 0.3) is 0 Å². The lowest BCUT2D eigenvalue weighted by Gasteiger charge is -2.12. The van der Waals surface area contributed by atoms with Gasteiger partial charge >= 0.3 is 0 Å². The standard InChI is InChI=1S/C20H42O.C2H4/c1-4-6-8-10-11-12-13-14-15-17-19-21-20(3)18-16-9-7-5-2;1-2/h20H,4-19H2,1-3H3;1-2H2. The van der Waals surface area contributed by atoms with Crippen molar-refractivity contribution in [2.24, 2.45) is 0 Å². The summed E-state index contributed by atoms with van der Waals surface area (Å²) in [5.74, 6) is 0. The number of rotatable bonds is 17. The summed E-state index contributed by atoms with van der Waals surface area (Å²) in [5.41, 5.74) is 0. The van der Waals surface area contributed by atoms with Crippen molar-refractivity contribution in [3.05, 3.63) is 13.2 Å². The van der Waals surface area contributed by atoms with Gasteiger partial charge < -0.3 is 4.74 Å². The molecular weight excluding hydrogens is 280 g/mol. The van der Waals surface area contributed by atoms with E-state index in [-0.39, 0.29) is 0 Å². The highest BCUT2D eigenvalue weighted by Gasteiger charge is 2.01. The fourth-order valence-corrected chi connectivity index (χ4v) is 2.82. The van der Waals surface area contributed by atoms with Crippen LogP contribution in [-0.2, 0) is 4.74 Å². The Morgan fingerprint density at radius 3 is 1.48 bits per heavy atom. The maximum absolute atomic E-state index is 5.89. The van der Waals surface area contributed by atoms with Gasteiger partial charge in [0.2, 0.25) is 0 Å². The number of unbranched alkanes of at least 4 members (excludes halogenated alkanes) is 12. The molecule has 0 aliphatic carbocycles. The van der Waals surface area contributed by atoms with Crippen molar-refractivity contribution in [1.29, 1.82) is 0 Å². The van der Waals surface area contributed by atoms with Gasteiger partial charge in [-0.3, -0.25) is 0 Å². The molecule has 23 heavy (non-hydrogen) atoms. The molecular formula is C22H46O. The van der Waals surface area contributed by atoms with E-state index in [0.717, 1.165) is 6.61 Å². The molecule has 1 atom stereocenters. The van der Waals surface area contributed by atoms with E-state index in [0.29, 0.717) is 6.10 Å². The first-order valence-electron chi connectivity index (χ1n) is 10.4. The Morgan fingerprint density at radius 1 is 0.609 bits per heavy atom. The van der Waals surface area contributed by atoms with Gasteiger partial charge in [-0.15, -0.1) is 13.2 Å². The number of hydrogen-bond acceptors (Lipinski definition) is 1. The van der Waals surface area contributed by atoms with Gasteiger partial charge in [-0.05, 0) is 19.8 Å². The summed E-state index contributed by atoms with van der Waals surface area (Å²) < 4.78 is 5.89. The first kappa shape index (κ1) is 24.9. The van der Waals surface area contributed by atoms with E-state index in [1.54, 1.807) is 0 Å². The van der Waals surface area contributed by atoms with E-state index < -0.39 is 0 Å². The van der Waals surface area contributed by atoms with E-state index in [9.17, 15) is 0 Å². The van der Waals surface area contributed by atoms with Crippen LogP contribution >= 0.6 is 0 Å². The number of hydrogen-bond donors (Lipinski definition) is 0. The molecule has 1 heteroatoms. The highest BCUT2D eigenvalue weighted by Crippen LogP contribution is 2.12. The normalized spacial score (nSPS) is 11.8. The molecule has 0 bridgehead atoms. The fraction of sp³-hybridized carbons (Fsp3) is 0.909. The zero-order chi connectivity index (χ0) is 17.6. The zero-order valence-corrected chi connectivity index (χ0v) is 16.7. The molecule has 0 rings (SSSR count). The lowest BCUT2D eigenvalue weighted by Crippen LogP contribution is -2.09. The molecule has 0 amide bonds. The molecule has 0 saturated heterocycles. The molecule has 0 spiro atoms. The second-order valence-electron chi connectivity index (χ2n) is 6.71. The molecule has 140 valence electrons. The van der Waals surface area contributed by atoms with Gasteiger partial charge in [-0.2, -0.15) is 0 Å². The smallest absolute Gasteiger partial charge is 0.0547 e. The molecule has 0 aromatic carbocycles. The summed E-state index contributed by atoms with van der Waals surface area (Å²) in [6, 6.07) is 0. The van der Waals surface area contributed by atoms with Crippen LogP contribution in [0.2, 0.25) is 0 Å². The molecule has 0 aromatic heterocycles. The molecule has 0 heterocycles. The lowest BCUT2D eigenvalue weighted by molar-refractivity contribution is 0.0557. The quantitative estimate of drug-likeness (QED) is 0.194. The molecule has 0 aliphatic heterocycles. The minimum absolute atomic E-state index is 0.473. The second-order valence-corrected chi connectivity index (χ2v) is 6.71. The van der Waals surface area contributed by atoms with E-state index in [1.165, 1.54) is 96.3 Å². The summed E-state index contributed by atoms with van der Waals surface area (Å²) in [7, 11) is 0. The Morgan fingerprint density at radius 2 is 1.00 bits per heavy atom. The third-order valence-corrected chi connectivity index (χ3v) is 4.36. The Kier molecular flexibility index (Phi) is 26.0. The predicted octanol–water partition coefficient (Wildman–Crippen LogP) is 8.09. The second kappa shape index (κ2) is 24.0. The highest BCUT2D eigenvalue weighted by atomic mass is 16.5. The van der Waals surface area contributed by atoms with Crippen LogP contribution in [0.25, 0.3) is 0 Å². The first-order valence-corrected chi connectivity index (χ1v) is 10.4. The Hall–Kier alpha value is -0.300. The van der Waals surface area contributed by atoms with Gasteiger partial charge in [-0.25, -0.2) is 0 Å². The van der Waals surface area contributed by atoms with Crippen LogP contribution in [0.3, 0.4) is 0 Å². The average molecular weight is 327 g/mol. The fourth-order valence-electron chi connectivity index (χ4n) is 2.82. The summed E-state index contributed by atoms with van der Waals surface area (Å²) in [5, 5.41) is 0. The van der Waals surface area contributed by atoms with E-state index in [2.05, 4.69) is 33.9 Å². The van der Waals surface area contributed by atoms with Crippen LogP contribution in [0.15, 0.2) is 13.2 Å². The first-order chi connectivity index (χ1) is 11.3. The largest absolute Gasteiger partial charge is 0.379 e. The topological polar surface area (TPSA) is 9.23 Å². The Balaban J connectivity index is 0. The van der Waals surface area contributed by atoms with Crippen molar-refractivity contribution in [1.82, 2.24) is 0 Å². The SMILES string of the molecule is C=C.CCCCCCCCCCCCOC(C)CCCCCC. The number of ether oxygens (including phenoxy) is 1. The Labute approximate surface area is 148 Å². The van der Waals surface area contributed by atoms with E-state index >= 15 is 0 Å². The van der Waals surface area contributed by atoms with Gasteiger partial charge in [-0.1, -0.05) is 97.3 Å². The third-order valence-electron chi connectivity index (χ3n) is 4.36. The van der Waals surface area contributed by atoms with Crippen LogP contribution in [0.1, 0.15) is 117 Å². The highest BCUT2D eigenvalue weighted by molar-refractivity contribution is 4.52. The van der Waals surface area contributed by atoms with Gasteiger partial charge in [0.15, 0.2) is 0 Å². The minimum atomic E-state index is 0.473. The van der Waals surface area contributed by atoms with E-state index in [1.807, 2.05) is 0 Å². The Bertz CT molecular complexity index is 190. The van der Waals surface area contributed by atoms with Crippen molar-refractivity contribution in [3.63, 3.8) is 0 Å². The summed E-state index contributed by atoms with van der Waals surface area (Å²) in [6.45, 7) is 13.8. The molecule has 1 nitrogen and oxygen atoms in total. The molecule has 0 fully saturated rings. The minimum Gasteiger partial charge on any atom is -0.379 e. The summed E-state index contributed by atoms with van der Waals surface area (Å²) >= 11 is 0. The van der Waals surface area contributed by atoms with Crippen LogP contribution in [0.5, 0.6) is 0 Å². The van der Waals surface area contributed by atoms with Crippen molar-refractivity contribution in [2.75, 3.05) is 6.61 Å². The molecule has 0 saturated carbocycles. The van der Waals surface area contributed by atoms with E-state index in [4.69, 9.17) is 4.74 Å².